The molecule has 0 fully saturated rings. The summed E-state index contributed by atoms with van der Waals surface area (Å²) < 4.78 is 0. The molecule has 0 bridgehead atoms. The van der Waals surface area contributed by atoms with E-state index in [1.165, 1.54) is 0 Å². The molecule has 3 rings (SSSR count). The highest BCUT2D eigenvalue weighted by Gasteiger charge is 2.14. The second-order valence-electron chi connectivity index (χ2n) is 5.44. The molecule has 0 unspecified atom stereocenters. The number of hydrogen-bond donors (Lipinski definition) is 3. The largest absolute Gasteiger partial charge is 0.346 e. The molecule has 0 aliphatic rings. The molecular formula is C17H19N5O. The molecule has 1 atom stereocenters. The summed E-state index contributed by atoms with van der Waals surface area (Å²) in [4.78, 5) is 23.9. The van der Waals surface area contributed by atoms with Gasteiger partial charge in [0.15, 0.2) is 0 Å². The van der Waals surface area contributed by atoms with E-state index in [4.69, 9.17) is 5.73 Å². The van der Waals surface area contributed by atoms with Gasteiger partial charge in [0.25, 0.3) is 5.91 Å². The zero-order chi connectivity index (χ0) is 16.2. The van der Waals surface area contributed by atoms with Crippen LogP contribution in [0.4, 0.5) is 5.69 Å². The molecular weight excluding hydrogens is 290 g/mol. The van der Waals surface area contributed by atoms with Crippen LogP contribution in [0.3, 0.4) is 0 Å². The highest BCUT2D eigenvalue weighted by molar-refractivity contribution is 6.03. The van der Waals surface area contributed by atoms with E-state index >= 15 is 0 Å². The fourth-order valence-electron chi connectivity index (χ4n) is 2.43. The van der Waals surface area contributed by atoms with Crippen LogP contribution in [0.25, 0.3) is 10.9 Å². The van der Waals surface area contributed by atoms with Crippen LogP contribution in [0.1, 0.15) is 42.1 Å². The number of aromatic amines is 1. The van der Waals surface area contributed by atoms with Crippen molar-refractivity contribution in [1.82, 2.24) is 15.0 Å². The number of fused-ring (bicyclic) bond motifs is 1. The zero-order valence-corrected chi connectivity index (χ0v) is 12.9. The van der Waals surface area contributed by atoms with E-state index in [2.05, 4.69) is 27.2 Å². The zero-order valence-electron chi connectivity index (χ0n) is 12.9. The van der Waals surface area contributed by atoms with Gasteiger partial charge in [-0.15, -0.1) is 0 Å². The Labute approximate surface area is 134 Å². The Morgan fingerprint density at radius 1 is 1.39 bits per heavy atom. The van der Waals surface area contributed by atoms with Crippen molar-refractivity contribution in [3.8, 4) is 0 Å². The van der Waals surface area contributed by atoms with Crippen LogP contribution < -0.4 is 11.1 Å². The maximum Gasteiger partial charge on any atom is 0.275 e. The number of carbonyl (C=O) groups excluding carboxylic acids is 1. The number of rotatable bonds is 5. The molecule has 118 valence electrons. The lowest BCUT2D eigenvalue weighted by Crippen LogP contribution is -2.14. The first-order chi connectivity index (χ1) is 11.2. The summed E-state index contributed by atoms with van der Waals surface area (Å²) >= 11 is 0. The van der Waals surface area contributed by atoms with Crippen LogP contribution >= 0.6 is 0 Å². The minimum Gasteiger partial charge on any atom is -0.346 e. The number of anilines is 1. The minimum absolute atomic E-state index is 0.177. The number of pyridine rings is 1. The van der Waals surface area contributed by atoms with Crippen LogP contribution in [0, 0.1) is 0 Å². The smallest absolute Gasteiger partial charge is 0.275 e. The third-order valence-electron chi connectivity index (χ3n) is 3.63. The lowest BCUT2D eigenvalue weighted by molar-refractivity contribution is 0.102. The van der Waals surface area contributed by atoms with Crippen LogP contribution in [0.15, 0.2) is 42.7 Å². The van der Waals surface area contributed by atoms with Crippen LogP contribution in [0.2, 0.25) is 0 Å². The van der Waals surface area contributed by atoms with Gasteiger partial charge in [-0.3, -0.25) is 9.78 Å². The molecule has 6 nitrogen and oxygen atoms in total. The third-order valence-corrected chi connectivity index (χ3v) is 3.63. The topological polar surface area (TPSA) is 96.7 Å². The predicted molar refractivity (Wildman–Crippen MR) is 90.1 cm³/mol. The number of para-hydroxylation sites is 1. The van der Waals surface area contributed by atoms with Gasteiger partial charge < -0.3 is 16.0 Å². The van der Waals surface area contributed by atoms with Gasteiger partial charge in [-0.1, -0.05) is 31.5 Å². The fraction of sp³-hybridized carbons (Fsp3) is 0.235. The van der Waals surface area contributed by atoms with E-state index in [0.717, 1.165) is 23.7 Å². The number of nitrogens with one attached hydrogen (secondary N) is 2. The molecule has 4 N–H and O–H groups in total. The fourth-order valence-corrected chi connectivity index (χ4v) is 2.43. The lowest BCUT2D eigenvalue weighted by atomic mass is 10.2. The van der Waals surface area contributed by atoms with Crippen molar-refractivity contribution < 1.29 is 4.79 Å². The molecule has 3 aromatic rings. The maximum absolute atomic E-state index is 12.3. The van der Waals surface area contributed by atoms with Gasteiger partial charge in [-0.2, -0.15) is 0 Å². The first kappa shape index (κ1) is 15.2. The monoisotopic (exact) mass is 309 g/mol. The molecule has 1 amide bonds. The van der Waals surface area contributed by atoms with Crippen molar-refractivity contribution in [2.24, 2.45) is 5.73 Å². The Balaban J connectivity index is 1.75. The molecule has 2 heterocycles. The Bertz CT molecular complexity index is 826. The van der Waals surface area contributed by atoms with Gasteiger partial charge in [0.2, 0.25) is 0 Å². The first-order valence-corrected chi connectivity index (χ1v) is 7.64. The predicted octanol–water partition coefficient (Wildman–Crippen LogP) is 3.01. The molecule has 2 aromatic heterocycles. The van der Waals surface area contributed by atoms with Crippen LogP contribution in [-0.4, -0.2) is 20.9 Å². The van der Waals surface area contributed by atoms with Gasteiger partial charge in [0.1, 0.15) is 11.5 Å². The van der Waals surface area contributed by atoms with Crippen molar-refractivity contribution in [1.29, 1.82) is 0 Å². The van der Waals surface area contributed by atoms with E-state index in [1.54, 1.807) is 12.4 Å². The Morgan fingerprint density at radius 3 is 3.04 bits per heavy atom. The number of imidazole rings is 1. The number of aromatic nitrogens is 3. The number of nitrogens with two attached hydrogens (primary N) is 1. The number of H-pyrrole nitrogens is 1. The molecule has 23 heavy (non-hydrogen) atoms. The normalized spacial score (nSPS) is 12.3. The van der Waals surface area contributed by atoms with Crippen LogP contribution in [-0.2, 0) is 0 Å². The second kappa shape index (κ2) is 6.58. The maximum atomic E-state index is 12.3. The Hall–Kier alpha value is -2.73. The number of benzene rings is 1. The molecule has 0 spiro atoms. The molecule has 6 heteroatoms. The van der Waals surface area contributed by atoms with Crippen LogP contribution in [0.5, 0.6) is 0 Å². The standard InChI is InChI=1S/C17H19N5O/c1-2-5-13(18)16-20-10-15(22-16)17(23)21-12-8-11-6-3-4-7-14(11)19-9-12/h3-4,6-10,13H,2,5,18H2,1H3,(H,20,22)(H,21,23)/t13-/m1/s1. The number of hydrogen-bond acceptors (Lipinski definition) is 4. The molecule has 0 aliphatic carbocycles. The van der Waals surface area contributed by atoms with Gasteiger partial charge in [-0.25, -0.2) is 4.98 Å². The third kappa shape index (κ3) is 3.37. The second-order valence-corrected chi connectivity index (χ2v) is 5.44. The average Bonchev–Trinajstić information content (AvgIpc) is 3.05. The van der Waals surface area contributed by atoms with Gasteiger partial charge in [-0.05, 0) is 18.6 Å². The summed E-state index contributed by atoms with van der Waals surface area (Å²) in [5.41, 5.74) is 7.84. The van der Waals surface area contributed by atoms with Crippen molar-refractivity contribution in [3.05, 3.63) is 54.2 Å². The van der Waals surface area contributed by atoms with E-state index in [9.17, 15) is 4.79 Å². The first-order valence-electron chi connectivity index (χ1n) is 7.64. The summed E-state index contributed by atoms with van der Waals surface area (Å²) in [5, 5.41) is 3.78. The van der Waals surface area contributed by atoms with Crippen molar-refractivity contribution >= 4 is 22.5 Å². The van der Waals surface area contributed by atoms with Gasteiger partial charge in [0, 0.05) is 11.6 Å². The lowest BCUT2D eigenvalue weighted by Gasteiger charge is -2.06. The van der Waals surface area contributed by atoms with E-state index in [1.807, 2.05) is 30.3 Å². The average molecular weight is 309 g/mol. The quantitative estimate of drug-likeness (QED) is 0.675. The summed E-state index contributed by atoms with van der Waals surface area (Å²) in [5.74, 6) is 0.349. The molecule has 1 aromatic carbocycles. The van der Waals surface area contributed by atoms with Crippen molar-refractivity contribution in [3.63, 3.8) is 0 Å². The van der Waals surface area contributed by atoms with Gasteiger partial charge >= 0.3 is 0 Å². The van der Waals surface area contributed by atoms with Crippen molar-refractivity contribution in [2.45, 2.75) is 25.8 Å². The number of carbonyl (C=O) groups is 1. The molecule has 0 saturated heterocycles. The molecule has 0 aliphatic heterocycles. The van der Waals surface area contributed by atoms with Crippen molar-refractivity contribution in [2.75, 3.05) is 5.32 Å². The number of amides is 1. The summed E-state index contributed by atoms with van der Waals surface area (Å²) in [6, 6.07) is 9.45. The highest BCUT2D eigenvalue weighted by Crippen LogP contribution is 2.17. The number of nitrogens with zero attached hydrogens (tertiary/aromatic N) is 2. The Morgan fingerprint density at radius 2 is 2.22 bits per heavy atom. The van der Waals surface area contributed by atoms with Gasteiger partial charge in [0.05, 0.1) is 23.4 Å². The molecule has 0 radical (unpaired) electrons. The highest BCUT2D eigenvalue weighted by atomic mass is 16.1. The summed E-state index contributed by atoms with van der Waals surface area (Å²) in [6.45, 7) is 2.06. The van der Waals surface area contributed by atoms with E-state index in [0.29, 0.717) is 17.2 Å². The minimum atomic E-state index is -0.284. The summed E-state index contributed by atoms with van der Waals surface area (Å²) in [6.07, 6.45) is 5.00. The van der Waals surface area contributed by atoms with E-state index < -0.39 is 0 Å². The SMILES string of the molecule is CCC[C@@H](N)c1nc(C(=O)Nc2cnc3ccccc3c2)c[nH]1. The molecule has 0 saturated carbocycles. The summed E-state index contributed by atoms with van der Waals surface area (Å²) in [7, 11) is 0. The Kier molecular flexibility index (Phi) is 4.34. The van der Waals surface area contributed by atoms with E-state index in [-0.39, 0.29) is 11.9 Å².